The van der Waals surface area contributed by atoms with E-state index >= 15 is 0 Å². The maximum Gasteiger partial charge on any atom is 0.305 e. The highest BCUT2D eigenvalue weighted by Crippen LogP contribution is 2.07. The highest BCUT2D eigenvalue weighted by atomic mass is 16.5. The number of esters is 1. The summed E-state index contributed by atoms with van der Waals surface area (Å²) in [6, 6.07) is 0. The second-order valence-electron chi connectivity index (χ2n) is 4.11. The first kappa shape index (κ1) is 16.1. The summed E-state index contributed by atoms with van der Waals surface area (Å²) in [6.07, 6.45) is 7.71. The molecular weight excluding hydrogens is 220 g/mol. The van der Waals surface area contributed by atoms with Crippen LogP contribution >= 0.6 is 0 Å². The van der Waals surface area contributed by atoms with Crippen LogP contribution in [0.25, 0.3) is 0 Å². The van der Waals surface area contributed by atoms with Crippen LogP contribution in [0, 0.1) is 0 Å². The Bertz CT molecular complexity index is 204. The minimum Gasteiger partial charge on any atom is -0.463 e. The van der Waals surface area contributed by atoms with E-state index in [0.29, 0.717) is 6.42 Å². The molecule has 100 valence electrons. The number of carbonyl (C=O) groups is 1. The Morgan fingerprint density at radius 3 is 2.53 bits per heavy atom. The molecule has 0 heterocycles. The van der Waals surface area contributed by atoms with Crippen molar-refractivity contribution in [3.05, 3.63) is 12.7 Å². The summed E-state index contributed by atoms with van der Waals surface area (Å²) < 4.78 is 4.78. The van der Waals surface area contributed by atoms with Crippen molar-refractivity contribution in [1.82, 2.24) is 0 Å². The molecule has 0 rings (SSSR count). The first-order valence-corrected chi connectivity index (χ1v) is 6.26. The summed E-state index contributed by atoms with van der Waals surface area (Å²) in [6.45, 7) is 3.17. The predicted molar refractivity (Wildman–Crippen MR) is 66.6 cm³/mol. The van der Waals surface area contributed by atoms with Gasteiger partial charge in [0.25, 0.3) is 0 Å². The Labute approximate surface area is 103 Å². The van der Waals surface area contributed by atoms with E-state index in [1.807, 2.05) is 6.08 Å². The molecule has 0 bridgehead atoms. The van der Waals surface area contributed by atoms with E-state index in [2.05, 4.69) is 6.58 Å². The van der Waals surface area contributed by atoms with Crippen LogP contribution in [0.2, 0.25) is 0 Å². The topological polar surface area (TPSA) is 66.8 Å². The minimum absolute atomic E-state index is 0.116. The maximum atomic E-state index is 11.2. The molecule has 0 amide bonds. The Hall–Kier alpha value is -0.870. The summed E-state index contributed by atoms with van der Waals surface area (Å²) in [7, 11) is 0. The quantitative estimate of drug-likeness (QED) is 0.330. The fourth-order valence-electron chi connectivity index (χ4n) is 1.40. The third-order valence-electron chi connectivity index (χ3n) is 2.44. The highest BCUT2D eigenvalue weighted by molar-refractivity contribution is 5.69. The second-order valence-corrected chi connectivity index (χ2v) is 4.11. The number of aliphatic hydroxyl groups is 2. The largest absolute Gasteiger partial charge is 0.463 e. The zero-order valence-electron chi connectivity index (χ0n) is 10.4. The molecule has 0 radical (unpaired) electrons. The predicted octanol–water partition coefficient (Wildman–Crippen LogP) is 1.80. The van der Waals surface area contributed by atoms with Crippen LogP contribution in [-0.2, 0) is 9.53 Å². The van der Waals surface area contributed by atoms with Crippen molar-refractivity contribution in [2.75, 3.05) is 13.2 Å². The van der Waals surface area contributed by atoms with Gasteiger partial charge in [0.1, 0.15) is 12.7 Å². The molecule has 0 aliphatic carbocycles. The Morgan fingerprint density at radius 2 is 1.88 bits per heavy atom. The third-order valence-corrected chi connectivity index (χ3v) is 2.44. The Kier molecular flexibility index (Phi) is 11.0. The molecule has 0 aromatic heterocycles. The van der Waals surface area contributed by atoms with Crippen molar-refractivity contribution < 1.29 is 19.7 Å². The van der Waals surface area contributed by atoms with Gasteiger partial charge in [0.05, 0.1) is 6.61 Å². The first-order chi connectivity index (χ1) is 8.20. The normalized spacial score (nSPS) is 12.1. The summed E-state index contributed by atoms with van der Waals surface area (Å²) in [4.78, 5) is 11.2. The van der Waals surface area contributed by atoms with Crippen molar-refractivity contribution in [3.63, 3.8) is 0 Å². The van der Waals surface area contributed by atoms with E-state index < -0.39 is 6.10 Å². The third kappa shape index (κ3) is 11.4. The standard InChI is InChI=1S/C13H24O4/c1-2-3-4-5-6-7-8-9-13(16)17-11-12(15)10-14/h2,12,14-15H,1,3-11H2/t12-/m1/s1. The Morgan fingerprint density at radius 1 is 1.24 bits per heavy atom. The molecule has 2 N–H and O–H groups in total. The van der Waals surface area contributed by atoms with Crippen LogP contribution in [0.5, 0.6) is 0 Å². The summed E-state index contributed by atoms with van der Waals surface area (Å²) >= 11 is 0. The number of hydrogen-bond acceptors (Lipinski definition) is 4. The summed E-state index contributed by atoms with van der Waals surface area (Å²) in [5.74, 6) is -0.302. The van der Waals surface area contributed by atoms with Gasteiger partial charge in [-0.1, -0.05) is 25.3 Å². The zero-order chi connectivity index (χ0) is 12.9. The van der Waals surface area contributed by atoms with E-state index in [4.69, 9.17) is 14.9 Å². The fraction of sp³-hybridized carbons (Fsp3) is 0.769. The van der Waals surface area contributed by atoms with Gasteiger partial charge >= 0.3 is 5.97 Å². The van der Waals surface area contributed by atoms with Crippen LogP contribution in [0.3, 0.4) is 0 Å². The van der Waals surface area contributed by atoms with E-state index in [0.717, 1.165) is 32.1 Å². The monoisotopic (exact) mass is 244 g/mol. The molecule has 17 heavy (non-hydrogen) atoms. The molecule has 0 fully saturated rings. The van der Waals surface area contributed by atoms with Gasteiger partial charge in [0.2, 0.25) is 0 Å². The molecule has 0 aromatic rings. The van der Waals surface area contributed by atoms with Crippen LogP contribution in [0.1, 0.15) is 44.9 Å². The zero-order valence-corrected chi connectivity index (χ0v) is 10.4. The average Bonchev–Trinajstić information content (AvgIpc) is 2.34. The van der Waals surface area contributed by atoms with E-state index in [1.54, 1.807) is 0 Å². The lowest BCUT2D eigenvalue weighted by atomic mass is 10.1. The van der Waals surface area contributed by atoms with Gasteiger partial charge in [-0.25, -0.2) is 0 Å². The van der Waals surface area contributed by atoms with Gasteiger partial charge < -0.3 is 14.9 Å². The lowest BCUT2D eigenvalue weighted by molar-refractivity contribution is -0.147. The van der Waals surface area contributed by atoms with Gasteiger partial charge in [0.15, 0.2) is 0 Å². The van der Waals surface area contributed by atoms with E-state index in [-0.39, 0.29) is 19.2 Å². The lowest BCUT2D eigenvalue weighted by Crippen LogP contribution is -2.21. The summed E-state index contributed by atoms with van der Waals surface area (Å²) in [5, 5.41) is 17.5. The fourth-order valence-corrected chi connectivity index (χ4v) is 1.40. The molecule has 0 saturated heterocycles. The SMILES string of the molecule is C=CCCCCCCCC(=O)OC[C@H](O)CO. The highest BCUT2D eigenvalue weighted by Gasteiger charge is 2.07. The number of unbranched alkanes of at least 4 members (excludes halogenated alkanes) is 5. The van der Waals surface area contributed by atoms with Crippen LogP contribution in [0.4, 0.5) is 0 Å². The van der Waals surface area contributed by atoms with Crippen LogP contribution < -0.4 is 0 Å². The van der Waals surface area contributed by atoms with Gasteiger partial charge in [0, 0.05) is 6.42 Å². The smallest absolute Gasteiger partial charge is 0.305 e. The molecule has 4 nitrogen and oxygen atoms in total. The molecule has 0 aliphatic heterocycles. The second kappa shape index (κ2) is 11.6. The van der Waals surface area contributed by atoms with Gasteiger partial charge in [-0.15, -0.1) is 6.58 Å². The molecule has 0 spiro atoms. The van der Waals surface area contributed by atoms with Crippen molar-refractivity contribution in [1.29, 1.82) is 0 Å². The van der Waals surface area contributed by atoms with Crippen molar-refractivity contribution in [3.8, 4) is 0 Å². The van der Waals surface area contributed by atoms with E-state index in [1.165, 1.54) is 6.42 Å². The first-order valence-electron chi connectivity index (χ1n) is 6.26. The molecule has 1 atom stereocenters. The molecular formula is C13H24O4. The molecule has 0 saturated carbocycles. The van der Waals surface area contributed by atoms with Crippen LogP contribution in [-0.4, -0.2) is 35.5 Å². The number of aliphatic hydroxyl groups excluding tert-OH is 2. The molecule has 0 aliphatic rings. The lowest BCUT2D eigenvalue weighted by Gasteiger charge is -2.08. The minimum atomic E-state index is -0.960. The Balaban J connectivity index is 3.24. The van der Waals surface area contributed by atoms with E-state index in [9.17, 15) is 4.79 Å². The summed E-state index contributed by atoms with van der Waals surface area (Å²) in [5.41, 5.74) is 0. The van der Waals surface area contributed by atoms with Gasteiger partial charge in [-0.2, -0.15) is 0 Å². The maximum absolute atomic E-state index is 11.2. The number of allylic oxidation sites excluding steroid dienone is 1. The van der Waals surface area contributed by atoms with Crippen molar-refractivity contribution >= 4 is 5.97 Å². The average molecular weight is 244 g/mol. The number of hydrogen-bond donors (Lipinski definition) is 2. The van der Waals surface area contributed by atoms with Crippen molar-refractivity contribution in [2.24, 2.45) is 0 Å². The molecule has 0 aromatic carbocycles. The number of rotatable bonds is 11. The van der Waals surface area contributed by atoms with Gasteiger partial charge in [-0.05, 0) is 19.3 Å². The van der Waals surface area contributed by atoms with Gasteiger partial charge in [-0.3, -0.25) is 4.79 Å². The number of ether oxygens (including phenoxy) is 1. The van der Waals surface area contributed by atoms with Crippen molar-refractivity contribution in [2.45, 2.75) is 51.0 Å². The number of carbonyl (C=O) groups excluding carboxylic acids is 1. The molecule has 4 heteroatoms. The van der Waals surface area contributed by atoms with Crippen LogP contribution in [0.15, 0.2) is 12.7 Å². The molecule has 0 unspecified atom stereocenters.